The molecule has 0 aliphatic carbocycles. The van der Waals surface area contributed by atoms with Gasteiger partial charge in [-0.05, 0) is 57.8 Å². The number of hydrogen-bond acceptors (Lipinski definition) is 6. The molecule has 6 heteroatoms. The summed E-state index contributed by atoms with van der Waals surface area (Å²) in [6.07, 6.45) is 73.2. The molecule has 0 spiro atoms. The zero-order valence-electron chi connectivity index (χ0n) is 47.8. The van der Waals surface area contributed by atoms with Crippen LogP contribution in [0.2, 0.25) is 0 Å². The van der Waals surface area contributed by atoms with E-state index in [1.807, 2.05) is 0 Å². The van der Waals surface area contributed by atoms with Crippen molar-refractivity contribution in [1.29, 1.82) is 0 Å². The SMILES string of the molecule is CCCCCCC/C=C\C/C=C\C/C=C\CCCCCCCCCCCCCCCCCCCCC(=O)OCC(COC(=O)CCCCCCCCCCC)OC(=O)CCCCCCCCCCCCC. The van der Waals surface area contributed by atoms with Crippen molar-refractivity contribution in [3.05, 3.63) is 36.5 Å². The highest BCUT2D eigenvalue weighted by Crippen LogP contribution is 2.17. The van der Waals surface area contributed by atoms with Crippen LogP contribution in [-0.4, -0.2) is 37.2 Å². The average molecular weight is 998 g/mol. The molecule has 0 aromatic rings. The summed E-state index contributed by atoms with van der Waals surface area (Å²) in [5, 5.41) is 0. The van der Waals surface area contributed by atoms with Crippen LogP contribution in [0.4, 0.5) is 0 Å². The van der Waals surface area contributed by atoms with Gasteiger partial charge in [-0.15, -0.1) is 0 Å². The maximum Gasteiger partial charge on any atom is 0.306 e. The van der Waals surface area contributed by atoms with E-state index in [1.165, 1.54) is 231 Å². The van der Waals surface area contributed by atoms with E-state index >= 15 is 0 Å². The fourth-order valence-corrected chi connectivity index (χ4v) is 9.39. The molecule has 0 bridgehead atoms. The van der Waals surface area contributed by atoms with Crippen LogP contribution in [0, 0.1) is 0 Å². The largest absolute Gasteiger partial charge is 0.462 e. The monoisotopic (exact) mass is 997 g/mol. The summed E-state index contributed by atoms with van der Waals surface area (Å²) >= 11 is 0. The van der Waals surface area contributed by atoms with E-state index in [-0.39, 0.29) is 31.1 Å². The number of ether oxygens (including phenoxy) is 3. The molecule has 0 rings (SSSR count). The topological polar surface area (TPSA) is 78.9 Å². The summed E-state index contributed by atoms with van der Waals surface area (Å²) in [6.45, 7) is 6.64. The van der Waals surface area contributed by atoms with Crippen molar-refractivity contribution >= 4 is 17.9 Å². The first-order valence-electron chi connectivity index (χ1n) is 31.5. The van der Waals surface area contributed by atoms with E-state index in [9.17, 15) is 14.4 Å². The summed E-state index contributed by atoms with van der Waals surface area (Å²) in [5.41, 5.74) is 0. The van der Waals surface area contributed by atoms with Crippen LogP contribution >= 0.6 is 0 Å². The number of allylic oxidation sites excluding steroid dienone is 6. The van der Waals surface area contributed by atoms with Gasteiger partial charge < -0.3 is 14.2 Å². The molecule has 6 nitrogen and oxygen atoms in total. The summed E-state index contributed by atoms with van der Waals surface area (Å²) in [5.74, 6) is -0.850. The summed E-state index contributed by atoms with van der Waals surface area (Å²) in [7, 11) is 0. The average Bonchev–Trinajstić information content (AvgIpc) is 3.37. The molecule has 0 amide bonds. The molecule has 0 aliphatic rings. The maximum atomic E-state index is 12.8. The van der Waals surface area contributed by atoms with Crippen molar-refractivity contribution in [3.8, 4) is 0 Å². The van der Waals surface area contributed by atoms with Gasteiger partial charge in [-0.2, -0.15) is 0 Å². The minimum Gasteiger partial charge on any atom is -0.462 e. The summed E-state index contributed by atoms with van der Waals surface area (Å²) < 4.78 is 16.8. The molecular weight excluding hydrogens is 877 g/mol. The second kappa shape index (κ2) is 60.2. The Hall–Kier alpha value is -2.37. The van der Waals surface area contributed by atoms with Gasteiger partial charge in [0, 0.05) is 19.3 Å². The highest BCUT2D eigenvalue weighted by molar-refractivity contribution is 5.71. The number of esters is 3. The van der Waals surface area contributed by atoms with Gasteiger partial charge >= 0.3 is 17.9 Å². The lowest BCUT2D eigenvalue weighted by Crippen LogP contribution is -2.30. The molecule has 0 fully saturated rings. The lowest BCUT2D eigenvalue weighted by atomic mass is 10.0. The predicted molar refractivity (Wildman–Crippen MR) is 307 cm³/mol. The van der Waals surface area contributed by atoms with Crippen molar-refractivity contribution in [1.82, 2.24) is 0 Å². The third-order valence-corrected chi connectivity index (χ3v) is 14.1. The lowest BCUT2D eigenvalue weighted by Gasteiger charge is -2.18. The van der Waals surface area contributed by atoms with Crippen LogP contribution in [0.3, 0.4) is 0 Å². The van der Waals surface area contributed by atoms with Crippen LogP contribution in [-0.2, 0) is 28.6 Å². The van der Waals surface area contributed by atoms with Crippen LogP contribution < -0.4 is 0 Å². The first-order valence-corrected chi connectivity index (χ1v) is 31.5. The molecular formula is C65H120O6. The summed E-state index contributed by atoms with van der Waals surface area (Å²) in [6, 6.07) is 0. The summed E-state index contributed by atoms with van der Waals surface area (Å²) in [4.78, 5) is 38.0. The van der Waals surface area contributed by atoms with Crippen molar-refractivity contribution in [3.63, 3.8) is 0 Å². The molecule has 0 N–H and O–H groups in total. The smallest absolute Gasteiger partial charge is 0.306 e. The predicted octanol–water partition coefficient (Wildman–Crippen LogP) is 21.2. The normalized spacial score (nSPS) is 12.2. The van der Waals surface area contributed by atoms with E-state index in [1.54, 1.807) is 0 Å². The maximum absolute atomic E-state index is 12.8. The fraction of sp³-hybridized carbons (Fsp3) is 0.862. The van der Waals surface area contributed by atoms with Crippen LogP contribution in [0.25, 0.3) is 0 Å². The number of unbranched alkanes of at least 4 members (excludes halogenated alkanes) is 41. The Bertz CT molecular complexity index is 1190. The molecule has 0 aromatic carbocycles. The Morgan fingerprint density at radius 2 is 0.507 bits per heavy atom. The van der Waals surface area contributed by atoms with Crippen molar-refractivity contribution < 1.29 is 28.6 Å². The third-order valence-electron chi connectivity index (χ3n) is 14.1. The Morgan fingerprint density at radius 1 is 0.282 bits per heavy atom. The molecule has 71 heavy (non-hydrogen) atoms. The Morgan fingerprint density at radius 3 is 0.789 bits per heavy atom. The van der Waals surface area contributed by atoms with Crippen molar-refractivity contribution in [2.45, 2.75) is 348 Å². The van der Waals surface area contributed by atoms with E-state index in [0.29, 0.717) is 19.3 Å². The van der Waals surface area contributed by atoms with Crippen LogP contribution in [0.1, 0.15) is 342 Å². The van der Waals surface area contributed by atoms with Gasteiger partial charge in [-0.3, -0.25) is 14.4 Å². The molecule has 0 aliphatic heterocycles. The molecule has 0 saturated carbocycles. The van der Waals surface area contributed by atoms with Gasteiger partial charge in [0.05, 0.1) is 0 Å². The van der Waals surface area contributed by atoms with Gasteiger partial charge in [0.2, 0.25) is 0 Å². The van der Waals surface area contributed by atoms with Crippen molar-refractivity contribution in [2.75, 3.05) is 13.2 Å². The van der Waals surface area contributed by atoms with E-state index < -0.39 is 6.10 Å². The molecule has 416 valence electrons. The van der Waals surface area contributed by atoms with Gasteiger partial charge in [0.25, 0.3) is 0 Å². The Kier molecular flexibility index (Phi) is 58.2. The first-order chi connectivity index (χ1) is 35.0. The molecule has 0 heterocycles. The second-order valence-corrected chi connectivity index (χ2v) is 21.3. The van der Waals surface area contributed by atoms with E-state index in [4.69, 9.17) is 14.2 Å². The van der Waals surface area contributed by atoms with E-state index in [0.717, 1.165) is 70.6 Å². The number of rotatable bonds is 58. The number of carbonyl (C=O) groups excluding carboxylic acids is 3. The van der Waals surface area contributed by atoms with Gasteiger partial charge in [0.1, 0.15) is 13.2 Å². The Balaban J connectivity index is 3.96. The van der Waals surface area contributed by atoms with Crippen LogP contribution in [0.15, 0.2) is 36.5 Å². The van der Waals surface area contributed by atoms with Gasteiger partial charge in [-0.1, -0.05) is 301 Å². The van der Waals surface area contributed by atoms with E-state index in [2.05, 4.69) is 57.2 Å². The first kappa shape index (κ1) is 68.6. The zero-order chi connectivity index (χ0) is 51.4. The van der Waals surface area contributed by atoms with Crippen LogP contribution in [0.5, 0.6) is 0 Å². The van der Waals surface area contributed by atoms with Gasteiger partial charge in [0.15, 0.2) is 6.10 Å². The highest BCUT2D eigenvalue weighted by Gasteiger charge is 2.19. The Labute approximate surface area is 442 Å². The minimum atomic E-state index is -0.764. The molecule has 1 unspecified atom stereocenters. The highest BCUT2D eigenvalue weighted by atomic mass is 16.6. The third kappa shape index (κ3) is 58.4. The second-order valence-electron chi connectivity index (χ2n) is 21.3. The lowest BCUT2D eigenvalue weighted by molar-refractivity contribution is -0.167. The standard InChI is InChI=1S/C65H120O6/c1-4-7-10-13-16-19-21-22-23-24-25-26-27-28-29-30-31-32-33-34-35-36-37-38-39-40-41-42-44-46-49-52-55-58-64(67)70-61-62(60-69-63(66)57-54-51-48-45-18-15-12-9-6-3)71-65(68)59-56-53-50-47-43-20-17-14-11-8-5-2/h21-22,24-25,27-28,62H,4-20,23,26,29-61H2,1-3H3/b22-21-,25-24-,28-27-. The molecule has 1 atom stereocenters. The fourth-order valence-electron chi connectivity index (χ4n) is 9.39. The number of hydrogen-bond donors (Lipinski definition) is 0. The molecule has 0 aromatic heterocycles. The van der Waals surface area contributed by atoms with Gasteiger partial charge in [-0.25, -0.2) is 0 Å². The molecule has 0 saturated heterocycles. The quantitative estimate of drug-likeness (QED) is 0.0261. The zero-order valence-corrected chi connectivity index (χ0v) is 47.8. The molecule has 0 radical (unpaired) electrons. The number of carbonyl (C=O) groups is 3. The van der Waals surface area contributed by atoms with Crippen molar-refractivity contribution in [2.24, 2.45) is 0 Å². The minimum absolute atomic E-state index is 0.0658.